The Morgan fingerprint density at radius 1 is 1.33 bits per heavy atom. The molecular weight excluding hydrogens is 224 g/mol. The third-order valence-corrected chi connectivity index (χ3v) is 3.27. The standard InChI is InChI=1S/C14H18N4/c1-11-15-7-8-18(11)10-14-4-2-3-13(17-14)9-16-12-5-6-12/h2-4,7-8,12,16H,5-6,9-10H2,1H3. The summed E-state index contributed by atoms with van der Waals surface area (Å²) < 4.78 is 2.11. The molecule has 1 fully saturated rings. The molecule has 4 heteroatoms. The normalized spacial score (nSPS) is 14.9. The van der Waals surface area contributed by atoms with Gasteiger partial charge in [0.1, 0.15) is 5.82 Å². The van der Waals surface area contributed by atoms with Crippen molar-refractivity contribution in [1.29, 1.82) is 0 Å². The molecule has 1 aliphatic carbocycles. The number of hydrogen-bond acceptors (Lipinski definition) is 3. The molecule has 3 rings (SSSR count). The fraction of sp³-hybridized carbons (Fsp3) is 0.429. The van der Waals surface area contributed by atoms with E-state index in [9.17, 15) is 0 Å². The van der Waals surface area contributed by atoms with Crippen LogP contribution >= 0.6 is 0 Å². The average molecular weight is 242 g/mol. The van der Waals surface area contributed by atoms with Gasteiger partial charge in [-0.3, -0.25) is 4.98 Å². The van der Waals surface area contributed by atoms with Gasteiger partial charge in [0.2, 0.25) is 0 Å². The molecule has 2 aromatic rings. The second-order valence-electron chi connectivity index (χ2n) is 4.88. The molecule has 0 saturated heterocycles. The molecular formula is C14H18N4. The average Bonchev–Trinajstić information content (AvgIpc) is 3.13. The Morgan fingerprint density at radius 3 is 2.89 bits per heavy atom. The first kappa shape index (κ1) is 11.4. The van der Waals surface area contributed by atoms with E-state index in [4.69, 9.17) is 0 Å². The molecule has 94 valence electrons. The maximum Gasteiger partial charge on any atom is 0.105 e. The molecule has 2 aromatic heterocycles. The second-order valence-corrected chi connectivity index (χ2v) is 4.88. The van der Waals surface area contributed by atoms with Crippen molar-refractivity contribution < 1.29 is 0 Å². The highest BCUT2D eigenvalue weighted by Gasteiger charge is 2.20. The first-order chi connectivity index (χ1) is 8.81. The Morgan fingerprint density at radius 2 is 2.17 bits per heavy atom. The van der Waals surface area contributed by atoms with E-state index in [0.717, 1.165) is 36.3 Å². The number of aromatic nitrogens is 3. The summed E-state index contributed by atoms with van der Waals surface area (Å²) in [6.07, 6.45) is 6.45. The van der Waals surface area contributed by atoms with Crippen LogP contribution in [0.1, 0.15) is 30.1 Å². The SMILES string of the molecule is Cc1nccn1Cc1cccc(CNC2CC2)n1. The smallest absolute Gasteiger partial charge is 0.105 e. The minimum Gasteiger partial charge on any atom is -0.329 e. The zero-order valence-corrected chi connectivity index (χ0v) is 10.6. The summed E-state index contributed by atoms with van der Waals surface area (Å²) in [7, 11) is 0. The van der Waals surface area contributed by atoms with Crippen LogP contribution in [0.3, 0.4) is 0 Å². The van der Waals surface area contributed by atoms with E-state index in [1.54, 1.807) is 0 Å². The molecule has 2 heterocycles. The van der Waals surface area contributed by atoms with Gasteiger partial charge in [-0.05, 0) is 31.9 Å². The summed E-state index contributed by atoms with van der Waals surface area (Å²) in [6, 6.07) is 6.96. The monoisotopic (exact) mass is 242 g/mol. The summed E-state index contributed by atoms with van der Waals surface area (Å²) >= 11 is 0. The predicted molar refractivity (Wildman–Crippen MR) is 70.2 cm³/mol. The summed E-state index contributed by atoms with van der Waals surface area (Å²) in [4.78, 5) is 8.90. The number of rotatable bonds is 5. The fourth-order valence-corrected chi connectivity index (χ4v) is 2.00. The highest BCUT2D eigenvalue weighted by Crippen LogP contribution is 2.19. The molecule has 0 atom stereocenters. The van der Waals surface area contributed by atoms with Crippen molar-refractivity contribution in [1.82, 2.24) is 19.9 Å². The highest BCUT2D eigenvalue weighted by molar-refractivity contribution is 5.12. The Bertz CT molecular complexity index is 528. The number of pyridine rings is 1. The lowest BCUT2D eigenvalue weighted by Gasteiger charge is -2.07. The molecule has 1 aliphatic rings. The van der Waals surface area contributed by atoms with Crippen molar-refractivity contribution in [3.05, 3.63) is 47.8 Å². The minimum absolute atomic E-state index is 0.728. The van der Waals surface area contributed by atoms with Gasteiger partial charge in [0, 0.05) is 25.0 Å². The topological polar surface area (TPSA) is 42.7 Å². The van der Waals surface area contributed by atoms with E-state index in [0.29, 0.717) is 0 Å². The zero-order chi connectivity index (χ0) is 12.4. The number of imidazole rings is 1. The molecule has 0 radical (unpaired) electrons. The van der Waals surface area contributed by atoms with E-state index >= 15 is 0 Å². The Hall–Kier alpha value is -1.68. The molecule has 0 amide bonds. The maximum atomic E-state index is 4.68. The van der Waals surface area contributed by atoms with Crippen LogP contribution < -0.4 is 5.32 Å². The van der Waals surface area contributed by atoms with Gasteiger partial charge in [-0.15, -0.1) is 0 Å². The van der Waals surface area contributed by atoms with Crippen LogP contribution in [0.25, 0.3) is 0 Å². The molecule has 0 spiro atoms. The van der Waals surface area contributed by atoms with Gasteiger partial charge in [0.05, 0.1) is 17.9 Å². The summed E-state index contributed by atoms with van der Waals surface area (Å²) in [5.74, 6) is 1.03. The van der Waals surface area contributed by atoms with Crippen molar-refractivity contribution >= 4 is 0 Å². The zero-order valence-electron chi connectivity index (χ0n) is 10.6. The molecule has 0 bridgehead atoms. The highest BCUT2D eigenvalue weighted by atomic mass is 15.1. The first-order valence-corrected chi connectivity index (χ1v) is 6.47. The lowest BCUT2D eigenvalue weighted by molar-refractivity contribution is 0.665. The number of aryl methyl sites for hydroxylation is 1. The van der Waals surface area contributed by atoms with Gasteiger partial charge in [-0.2, -0.15) is 0 Å². The molecule has 0 unspecified atom stereocenters. The largest absolute Gasteiger partial charge is 0.329 e. The third kappa shape index (κ3) is 2.76. The lowest BCUT2D eigenvalue weighted by Crippen LogP contribution is -2.16. The van der Waals surface area contributed by atoms with Gasteiger partial charge in [0.25, 0.3) is 0 Å². The summed E-state index contributed by atoms with van der Waals surface area (Å²) in [5.41, 5.74) is 2.21. The van der Waals surface area contributed by atoms with Gasteiger partial charge in [-0.1, -0.05) is 6.07 Å². The predicted octanol–water partition coefficient (Wildman–Crippen LogP) is 1.89. The molecule has 4 nitrogen and oxygen atoms in total. The Labute approximate surface area is 107 Å². The van der Waals surface area contributed by atoms with Gasteiger partial charge in [-0.25, -0.2) is 4.98 Å². The van der Waals surface area contributed by atoms with E-state index in [-0.39, 0.29) is 0 Å². The van der Waals surface area contributed by atoms with E-state index < -0.39 is 0 Å². The first-order valence-electron chi connectivity index (χ1n) is 6.47. The quantitative estimate of drug-likeness (QED) is 0.870. The van der Waals surface area contributed by atoms with Crippen LogP contribution in [-0.2, 0) is 13.1 Å². The van der Waals surface area contributed by atoms with Crippen molar-refractivity contribution in [3.8, 4) is 0 Å². The van der Waals surface area contributed by atoms with Crippen LogP contribution in [0.15, 0.2) is 30.6 Å². The molecule has 0 aliphatic heterocycles. The van der Waals surface area contributed by atoms with Crippen LogP contribution in [0, 0.1) is 6.92 Å². The van der Waals surface area contributed by atoms with Crippen LogP contribution in [0.2, 0.25) is 0 Å². The molecule has 0 aromatic carbocycles. The summed E-state index contributed by atoms with van der Waals surface area (Å²) in [5, 5.41) is 3.49. The van der Waals surface area contributed by atoms with E-state index in [1.807, 2.05) is 19.3 Å². The lowest BCUT2D eigenvalue weighted by atomic mass is 10.3. The van der Waals surface area contributed by atoms with Crippen LogP contribution in [0.4, 0.5) is 0 Å². The maximum absolute atomic E-state index is 4.68. The van der Waals surface area contributed by atoms with Crippen molar-refractivity contribution in [2.45, 2.75) is 38.9 Å². The van der Waals surface area contributed by atoms with Gasteiger partial charge >= 0.3 is 0 Å². The molecule has 1 saturated carbocycles. The minimum atomic E-state index is 0.728. The van der Waals surface area contributed by atoms with Crippen molar-refractivity contribution in [3.63, 3.8) is 0 Å². The third-order valence-electron chi connectivity index (χ3n) is 3.27. The summed E-state index contributed by atoms with van der Waals surface area (Å²) in [6.45, 7) is 3.68. The second kappa shape index (κ2) is 4.90. The van der Waals surface area contributed by atoms with Crippen LogP contribution in [0.5, 0.6) is 0 Å². The Balaban J connectivity index is 1.67. The number of nitrogens with one attached hydrogen (secondary N) is 1. The van der Waals surface area contributed by atoms with Crippen molar-refractivity contribution in [2.24, 2.45) is 0 Å². The molecule has 18 heavy (non-hydrogen) atoms. The fourth-order valence-electron chi connectivity index (χ4n) is 2.00. The number of nitrogens with zero attached hydrogens (tertiary/aromatic N) is 3. The Kier molecular flexibility index (Phi) is 3.11. The van der Waals surface area contributed by atoms with Crippen LogP contribution in [-0.4, -0.2) is 20.6 Å². The van der Waals surface area contributed by atoms with Gasteiger partial charge < -0.3 is 9.88 Å². The van der Waals surface area contributed by atoms with Crippen molar-refractivity contribution in [2.75, 3.05) is 0 Å². The molecule has 1 N–H and O–H groups in total. The van der Waals surface area contributed by atoms with E-state index in [1.165, 1.54) is 12.8 Å². The number of hydrogen-bond donors (Lipinski definition) is 1. The van der Waals surface area contributed by atoms with Gasteiger partial charge in [0.15, 0.2) is 0 Å². The van der Waals surface area contributed by atoms with E-state index in [2.05, 4.69) is 38.1 Å².